The second-order valence-corrected chi connectivity index (χ2v) is 5.69. The van der Waals surface area contributed by atoms with Gasteiger partial charge in [-0.1, -0.05) is 58.3 Å². The highest BCUT2D eigenvalue weighted by Gasteiger charge is 2.19. The Morgan fingerprint density at radius 2 is 1.67 bits per heavy atom. The Balaban J connectivity index is 1.89. The fourth-order valence-electron chi connectivity index (χ4n) is 2.73. The van der Waals surface area contributed by atoms with Crippen LogP contribution in [0.3, 0.4) is 0 Å². The summed E-state index contributed by atoms with van der Waals surface area (Å²) in [6.45, 7) is 3.29. The molecule has 0 saturated carbocycles. The van der Waals surface area contributed by atoms with E-state index in [4.69, 9.17) is 0 Å². The number of carbonyl (C=O) groups excluding carboxylic acids is 1. The minimum absolute atomic E-state index is 0.184. The summed E-state index contributed by atoms with van der Waals surface area (Å²) in [6, 6.07) is 0.184. The van der Waals surface area contributed by atoms with E-state index >= 15 is 0 Å². The van der Waals surface area contributed by atoms with Gasteiger partial charge in [0, 0.05) is 6.42 Å². The van der Waals surface area contributed by atoms with Crippen molar-refractivity contribution in [3.8, 4) is 0 Å². The first-order valence-corrected chi connectivity index (χ1v) is 8.10. The van der Waals surface area contributed by atoms with Gasteiger partial charge in [0.05, 0.1) is 6.04 Å². The van der Waals surface area contributed by atoms with Crippen LogP contribution in [0.5, 0.6) is 0 Å². The minimum Gasteiger partial charge on any atom is -0.307 e. The summed E-state index contributed by atoms with van der Waals surface area (Å²) in [6.07, 6.45) is 14.8. The molecule has 0 spiro atoms. The van der Waals surface area contributed by atoms with Gasteiger partial charge in [-0.15, -0.1) is 0 Å². The smallest absolute Gasteiger partial charge is 0.149 e. The topological polar surface area (TPSA) is 29.1 Å². The van der Waals surface area contributed by atoms with E-state index in [9.17, 15) is 4.79 Å². The molecule has 18 heavy (non-hydrogen) atoms. The van der Waals surface area contributed by atoms with E-state index < -0.39 is 0 Å². The van der Waals surface area contributed by atoms with Crippen LogP contribution >= 0.6 is 0 Å². The second kappa shape index (κ2) is 10.5. The highest BCUT2D eigenvalue weighted by atomic mass is 16.1. The molecule has 1 aliphatic rings. The third-order valence-electron chi connectivity index (χ3n) is 3.98. The molecule has 1 fully saturated rings. The number of hydrogen-bond donors (Lipinski definition) is 1. The molecule has 1 rings (SSSR count). The number of Topliss-reactive ketones (excluding diaryl/α,β-unsaturated/α-hetero) is 1. The Bertz CT molecular complexity index is 209. The SMILES string of the molecule is CCCCCCCCCCC(=O)C1CCCCN1. The summed E-state index contributed by atoms with van der Waals surface area (Å²) in [7, 11) is 0. The zero-order valence-electron chi connectivity index (χ0n) is 12.2. The van der Waals surface area contributed by atoms with Crippen LogP contribution in [0, 0.1) is 0 Å². The number of rotatable bonds is 10. The molecule has 0 aromatic heterocycles. The molecule has 0 radical (unpaired) electrons. The zero-order valence-corrected chi connectivity index (χ0v) is 12.2. The lowest BCUT2D eigenvalue weighted by Gasteiger charge is -2.22. The lowest BCUT2D eigenvalue weighted by molar-refractivity contribution is -0.121. The molecule has 2 heteroatoms. The van der Waals surface area contributed by atoms with Gasteiger partial charge in [-0.05, 0) is 25.8 Å². The Morgan fingerprint density at radius 1 is 1.00 bits per heavy atom. The molecule has 1 aliphatic heterocycles. The van der Waals surface area contributed by atoms with Crippen molar-refractivity contribution in [2.45, 2.75) is 90.0 Å². The molecule has 0 aromatic rings. The molecule has 1 heterocycles. The summed E-state index contributed by atoms with van der Waals surface area (Å²) in [5.74, 6) is 0.459. The molecule has 0 bridgehead atoms. The molecule has 1 atom stereocenters. The Kier molecular flexibility index (Phi) is 9.19. The lowest BCUT2D eigenvalue weighted by Crippen LogP contribution is -2.40. The normalized spacial score (nSPS) is 19.9. The van der Waals surface area contributed by atoms with Crippen molar-refractivity contribution >= 4 is 5.78 Å². The number of hydrogen-bond acceptors (Lipinski definition) is 2. The molecule has 1 N–H and O–H groups in total. The minimum atomic E-state index is 0.184. The molecule has 0 aromatic carbocycles. The predicted molar refractivity (Wildman–Crippen MR) is 77.9 cm³/mol. The van der Waals surface area contributed by atoms with Crippen LogP contribution in [-0.4, -0.2) is 18.4 Å². The van der Waals surface area contributed by atoms with Gasteiger partial charge in [-0.2, -0.15) is 0 Å². The van der Waals surface area contributed by atoms with Crippen LogP contribution in [0.4, 0.5) is 0 Å². The van der Waals surface area contributed by atoms with E-state index in [0.29, 0.717) is 5.78 Å². The number of nitrogens with one attached hydrogen (secondary N) is 1. The fourth-order valence-corrected chi connectivity index (χ4v) is 2.73. The third-order valence-corrected chi connectivity index (χ3v) is 3.98. The maximum Gasteiger partial charge on any atom is 0.149 e. The van der Waals surface area contributed by atoms with Gasteiger partial charge in [0.15, 0.2) is 0 Å². The molecular formula is C16H31NO. The van der Waals surface area contributed by atoms with E-state index in [1.54, 1.807) is 0 Å². The van der Waals surface area contributed by atoms with E-state index in [2.05, 4.69) is 12.2 Å². The first-order valence-electron chi connectivity index (χ1n) is 8.10. The van der Waals surface area contributed by atoms with E-state index in [1.807, 2.05) is 0 Å². The van der Waals surface area contributed by atoms with E-state index in [1.165, 1.54) is 57.8 Å². The van der Waals surface area contributed by atoms with Crippen molar-refractivity contribution in [2.24, 2.45) is 0 Å². The number of ketones is 1. The Morgan fingerprint density at radius 3 is 2.28 bits per heavy atom. The van der Waals surface area contributed by atoms with Crippen molar-refractivity contribution in [1.82, 2.24) is 5.32 Å². The Labute approximate surface area is 113 Å². The van der Waals surface area contributed by atoms with Gasteiger partial charge in [0.1, 0.15) is 5.78 Å². The number of unbranched alkanes of at least 4 members (excludes halogenated alkanes) is 7. The zero-order chi connectivity index (χ0) is 13.1. The van der Waals surface area contributed by atoms with Crippen molar-refractivity contribution in [2.75, 3.05) is 6.54 Å². The molecule has 1 saturated heterocycles. The first-order chi connectivity index (χ1) is 8.84. The highest BCUT2D eigenvalue weighted by Crippen LogP contribution is 2.13. The molecule has 0 aliphatic carbocycles. The molecule has 2 nitrogen and oxygen atoms in total. The number of carbonyl (C=O) groups is 1. The number of piperidine rings is 1. The van der Waals surface area contributed by atoms with Gasteiger partial charge in [0.2, 0.25) is 0 Å². The third kappa shape index (κ3) is 7.15. The summed E-state index contributed by atoms with van der Waals surface area (Å²) in [5.41, 5.74) is 0. The van der Waals surface area contributed by atoms with Gasteiger partial charge in [-0.3, -0.25) is 4.79 Å². The highest BCUT2D eigenvalue weighted by molar-refractivity contribution is 5.84. The van der Waals surface area contributed by atoms with Crippen molar-refractivity contribution in [3.05, 3.63) is 0 Å². The van der Waals surface area contributed by atoms with Gasteiger partial charge in [0.25, 0.3) is 0 Å². The maximum atomic E-state index is 11.9. The first kappa shape index (κ1) is 15.7. The lowest BCUT2D eigenvalue weighted by atomic mass is 9.97. The van der Waals surface area contributed by atoms with Crippen LogP contribution in [0.15, 0.2) is 0 Å². The van der Waals surface area contributed by atoms with Crippen molar-refractivity contribution in [3.63, 3.8) is 0 Å². The van der Waals surface area contributed by atoms with Crippen LogP contribution < -0.4 is 5.32 Å². The van der Waals surface area contributed by atoms with Crippen LogP contribution in [0.2, 0.25) is 0 Å². The van der Waals surface area contributed by atoms with E-state index in [0.717, 1.165) is 25.8 Å². The summed E-state index contributed by atoms with van der Waals surface area (Å²) in [5, 5.41) is 3.34. The van der Waals surface area contributed by atoms with Gasteiger partial charge < -0.3 is 5.32 Å². The molecule has 1 unspecified atom stereocenters. The van der Waals surface area contributed by atoms with Crippen LogP contribution in [-0.2, 0) is 4.79 Å². The molecule has 0 amide bonds. The quantitative estimate of drug-likeness (QED) is 0.590. The largest absolute Gasteiger partial charge is 0.307 e. The predicted octanol–water partition coefficient (Wildman–Crippen LogP) is 4.23. The van der Waals surface area contributed by atoms with E-state index in [-0.39, 0.29) is 6.04 Å². The molecule has 106 valence electrons. The van der Waals surface area contributed by atoms with Crippen LogP contribution in [0.1, 0.15) is 84.0 Å². The Hall–Kier alpha value is -0.370. The average Bonchev–Trinajstić information content (AvgIpc) is 2.42. The summed E-state index contributed by atoms with van der Waals surface area (Å²) >= 11 is 0. The summed E-state index contributed by atoms with van der Waals surface area (Å²) < 4.78 is 0. The van der Waals surface area contributed by atoms with Gasteiger partial charge in [-0.25, -0.2) is 0 Å². The average molecular weight is 253 g/mol. The second-order valence-electron chi connectivity index (χ2n) is 5.69. The fraction of sp³-hybridized carbons (Fsp3) is 0.938. The maximum absolute atomic E-state index is 11.9. The van der Waals surface area contributed by atoms with Crippen molar-refractivity contribution < 1.29 is 4.79 Å². The molecular weight excluding hydrogens is 222 g/mol. The standard InChI is InChI=1S/C16H31NO/c1-2-3-4-5-6-7-8-9-13-16(18)15-12-10-11-14-17-15/h15,17H,2-14H2,1H3. The summed E-state index contributed by atoms with van der Waals surface area (Å²) in [4.78, 5) is 11.9. The van der Waals surface area contributed by atoms with Gasteiger partial charge >= 0.3 is 0 Å². The monoisotopic (exact) mass is 253 g/mol. The van der Waals surface area contributed by atoms with Crippen LogP contribution in [0.25, 0.3) is 0 Å². The van der Waals surface area contributed by atoms with Crippen molar-refractivity contribution in [1.29, 1.82) is 0 Å².